The summed E-state index contributed by atoms with van der Waals surface area (Å²) < 4.78 is 0. The lowest BCUT2D eigenvalue weighted by atomic mass is 9.99. The van der Waals surface area contributed by atoms with Gasteiger partial charge in [0.15, 0.2) is 5.13 Å². The zero-order valence-corrected chi connectivity index (χ0v) is 15.7. The van der Waals surface area contributed by atoms with Crippen LogP contribution < -0.4 is 5.32 Å². The summed E-state index contributed by atoms with van der Waals surface area (Å²) >= 11 is 1.60. The highest BCUT2D eigenvalue weighted by molar-refractivity contribution is 7.13. The first-order valence-electron chi connectivity index (χ1n) is 9.03. The van der Waals surface area contributed by atoms with Crippen LogP contribution in [0.3, 0.4) is 0 Å². The first-order chi connectivity index (χ1) is 13.3. The fourth-order valence-electron chi connectivity index (χ4n) is 3.39. The molecule has 6 nitrogen and oxygen atoms in total. The van der Waals surface area contributed by atoms with Crippen LogP contribution >= 0.6 is 11.3 Å². The van der Waals surface area contributed by atoms with E-state index in [0.29, 0.717) is 11.7 Å². The van der Waals surface area contributed by atoms with E-state index in [0.717, 1.165) is 36.0 Å². The maximum atomic E-state index is 8.85. The van der Waals surface area contributed by atoms with E-state index in [4.69, 9.17) is 10.2 Å². The van der Waals surface area contributed by atoms with Gasteiger partial charge in [0, 0.05) is 24.3 Å². The highest BCUT2D eigenvalue weighted by atomic mass is 32.1. The Morgan fingerprint density at radius 1 is 1.22 bits per heavy atom. The largest absolute Gasteiger partial charge is 0.330 e. The Labute approximate surface area is 162 Å². The molecule has 1 N–H and O–H groups in total. The smallest absolute Gasteiger partial charge is 0.187 e. The second-order valence-corrected chi connectivity index (χ2v) is 7.44. The van der Waals surface area contributed by atoms with Gasteiger partial charge < -0.3 is 5.32 Å². The Bertz CT molecular complexity index is 916. The highest BCUT2D eigenvalue weighted by Gasteiger charge is 2.26. The van der Waals surface area contributed by atoms with Gasteiger partial charge in [0.25, 0.3) is 0 Å². The lowest BCUT2D eigenvalue weighted by Crippen LogP contribution is -2.33. The first kappa shape index (κ1) is 17.6. The van der Waals surface area contributed by atoms with Gasteiger partial charge in [0.05, 0.1) is 23.6 Å². The summed E-state index contributed by atoms with van der Waals surface area (Å²) in [4.78, 5) is 15.5. The molecule has 7 heteroatoms. The van der Waals surface area contributed by atoms with E-state index in [-0.39, 0.29) is 0 Å². The Balaban J connectivity index is 1.47. The Morgan fingerprint density at radius 3 is 2.89 bits per heavy atom. The van der Waals surface area contributed by atoms with Crippen molar-refractivity contribution in [2.75, 3.05) is 11.9 Å². The van der Waals surface area contributed by atoms with E-state index < -0.39 is 0 Å². The summed E-state index contributed by atoms with van der Waals surface area (Å²) in [5.41, 5.74) is 3.66. The molecule has 1 fully saturated rings. The zero-order chi connectivity index (χ0) is 18.5. The van der Waals surface area contributed by atoms with Gasteiger partial charge in [-0.25, -0.2) is 9.97 Å². The van der Waals surface area contributed by atoms with Crippen LogP contribution in [0, 0.1) is 11.3 Å². The topological polar surface area (TPSA) is 77.7 Å². The molecular formula is C20H20N6S. The number of piperidine rings is 1. The molecule has 1 atom stereocenters. The summed E-state index contributed by atoms with van der Waals surface area (Å²) in [6.07, 6.45) is 8.96. The molecule has 27 heavy (non-hydrogen) atoms. The fourth-order valence-corrected chi connectivity index (χ4v) is 4.17. The molecule has 4 heterocycles. The fraction of sp³-hybridized carbons (Fsp3) is 0.300. The number of anilines is 2. The lowest BCUT2D eigenvalue weighted by Gasteiger charge is -2.34. The van der Waals surface area contributed by atoms with Gasteiger partial charge in [-0.2, -0.15) is 5.26 Å². The monoisotopic (exact) mass is 376 g/mol. The number of hydrogen-bond donors (Lipinski definition) is 1. The van der Waals surface area contributed by atoms with Gasteiger partial charge in [0.1, 0.15) is 11.8 Å². The molecule has 1 aliphatic heterocycles. The molecule has 1 saturated heterocycles. The third-order valence-corrected chi connectivity index (χ3v) is 5.52. The van der Waals surface area contributed by atoms with Crippen molar-refractivity contribution in [3.63, 3.8) is 0 Å². The Hall–Kier alpha value is -2.82. The van der Waals surface area contributed by atoms with Crippen molar-refractivity contribution in [1.82, 2.24) is 19.9 Å². The average molecular weight is 376 g/mol. The number of thiazole rings is 1. The van der Waals surface area contributed by atoms with Crippen molar-refractivity contribution in [1.29, 1.82) is 5.26 Å². The number of nitriles is 1. The predicted octanol–water partition coefficient (Wildman–Crippen LogP) is 4.28. The molecule has 0 spiro atoms. The molecule has 4 rings (SSSR count). The Kier molecular flexibility index (Phi) is 5.37. The molecule has 136 valence electrons. The van der Waals surface area contributed by atoms with E-state index in [1.165, 1.54) is 18.4 Å². The zero-order valence-electron chi connectivity index (χ0n) is 14.9. The van der Waals surface area contributed by atoms with Crippen LogP contribution in [0.1, 0.15) is 42.3 Å². The van der Waals surface area contributed by atoms with Gasteiger partial charge >= 0.3 is 0 Å². The normalized spacial score (nSPS) is 17.4. The maximum absolute atomic E-state index is 8.85. The van der Waals surface area contributed by atoms with E-state index >= 15 is 0 Å². The quantitative estimate of drug-likeness (QED) is 0.716. The van der Waals surface area contributed by atoms with Crippen molar-refractivity contribution < 1.29 is 0 Å². The molecule has 0 bridgehead atoms. The predicted molar refractivity (Wildman–Crippen MR) is 106 cm³/mol. The molecule has 0 aromatic carbocycles. The molecule has 0 aliphatic carbocycles. The van der Waals surface area contributed by atoms with Crippen molar-refractivity contribution in [3.05, 3.63) is 65.2 Å². The van der Waals surface area contributed by atoms with Crippen LogP contribution in [0.25, 0.3) is 0 Å². The van der Waals surface area contributed by atoms with Gasteiger partial charge in [-0.3, -0.25) is 9.88 Å². The number of aromatic nitrogens is 3. The molecular weight excluding hydrogens is 356 g/mol. The number of pyridine rings is 2. The second-order valence-electron chi connectivity index (χ2n) is 6.58. The second kappa shape index (κ2) is 8.25. The van der Waals surface area contributed by atoms with E-state index in [1.54, 1.807) is 23.6 Å². The minimum atomic E-state index is 0.345. The molecule has 1 aliphatic rings. The maximum Gasteiger partial charge on any atom is 0.187 e. The number of nitrogens with zero attached hydrogens (tertiary/aromatic N) is 5. The average Bonchev–Trinajstić information content (AvgIpc) is 3.18. The summed E-state index contributed by atoms with van der Waals surface area (Å²) in [5, 5.41) is 15.1. The van der Waals surface area contributed by atoms with E-state index in [1.807, 2.05) is 24.5 Å². The minimum Gasteiger partial charge on any atom is -0.330 e. The number of nitrogens with one attached hydrogen (secondary N) is 1. The van der Waals surface area contributed by atoms with E-state index in [2.05, 4.69) is 37.7 Å². The molecule has 0 amide bonds. The summed E-state index contributed by atoms with van der Waals surface area (Å²) in [7, 11) is 0. The first-order valence-corrected chi connectivity index (χ1v) is 9.91. The molecule has 0 radical (unpaired) electrons. The van der Waals surface area contributed by atoms with Gasteiger partial charge in [0.2, 0.25) is 0 Å². The molecule has 3 aromatic rings. The Morgan fingerprint density at radius 2 is 2.11 bits per heavy atom. The summed E-state index contributed by atoms with van der Waals surface area (Å²) in [5.74, 6) is 0. The van der Waals surface area contributed by atoms with Crippen molar-refractivity contribution in [2.24, 2.45) is 0 Å². The van der Waals surface area contributed by atoms with Crippen LogP contribution in [0.5, 0.6) is 0 Å². The molecule has 0 saturated carbocycles. The summed E-state index contributed by atoms with van der Waals surface area (Å²) in [6, 6.07) is 10.1. The molecule has 3 aromatic heterocycles. The van der Waals surface area contributed by atoms with Crippen molar-refractivity contribution in [2.45, 2.75) is 31.8 Å². The third-order valence-electron chi connectivity index (χ3n) is 4.74. The third kappa shape index (κ3) is 4.30. The number of likely N-dealkylation sites (tertiary alicyclic amines) is 1. The van der Waals surface area contributed by atoms with Gasteiger partial charge in [-0.15, -0.1) is 11.3 Å². The van der Waals surface area contributed by atoms with Crippen molar-refractivity contribution >= 4 is 22.2 Å². The van der Waals surface area contributed by atoms with Crippen LogP contribution in [-0.4, -0.2) is 26.4 Å². The minimum absolute atomic E-state index is 0.345. The number of rotatable bonds is 5. The van der Waals surface area contributed by atoms with Gasteiger partial charge in [-0.05, 0) is 49.2 Å². The molecule has 0 unspecified atom stereocenters. The van der Waals surface area contributed by atoms with Gasteiger partial charge in [-0.1, -0.05) is 6.42 Å². The van der Waals surface area contributed by atoms with Crippen LogP contribution in [0.2, 0.25) is 0 Å². The van der Waals surface area contributed by atoms with Crippen LogP contribution in [0.15, 0.2) is 48.2 Å². The highest BCUT2D eigenvalue weighted by Crippen LogP contribution is 2.34. The lowest BCUT2D eigenvalue weighted by molar-refractivity contribution is 0.138. The SMILES string of the molecule is N#Cc1ccc(Nc2nc([C@@H]3CCCCN3Cc3ccncc3)cs2)cn1. The van der Waals surface area contributed by atoms with Crippen molar-refractivity contribution in [3.8, 4) is 6.07 Å². The number of hydrogen-bond acceptors (Lipinski definition) is 7. The van der Waals surface area contributed by atoms with Crippen LogP contribution in [-0.2, 0) is 6.54 Å². The standard InChI is InChI=1S/C20H20N6S/c21-11-16-4-5-17(12-23-16)24-20-25-18(14-27-20)19-3-1-2-10-26(19)13-15-6-8-22-9-7-15/h4-9,12,14,19H,1-3,10,13H2,(H,24,25)/t19-/m0/s1. The van der Waals surface area contributed by atoms with Crippen LogP contribution in [0.4, 0.5) is 10.8 Å². The van der Waals surface area contributed by atoms with E-state index in [9.17, 15) is 0 Å². The summed E-state index contributed by atoms with van der Waals surface area (Å²) in [6.45, 7) is 2.01.